The molecule has 16 heavy (non-hydrogen) atoms. The van der Waals surface area contributed by atoms with Gasteiger partial charge in [0.1, 0.15) is 12.4 Å². The van der Waals surface area contributed by atoms with E-state index in [9.17, 15) is 22.4 Å². The number of rotatable bonds is 3. The minimum Gasteiger partial charge on any atom is -0.347 e. The van der Waals surface area contributed by atoms with Gasteiger partial charge in [0.05, 0.1) is 6.42 Å². The zero-order valence-corrected chi connectivity index (χ0v) is 8.14. The first-order valence-electron chi connectivity index (χ1n) is 4.45. The van der Waals surface area contributed by atoms with Gasteiger partial charge >= 0.3 is 6.18 Å². The van der Waals surface area contributed by atoms with E-state index in [1.165, 1.54) is 18.2 Å². The van der Waals surface area contributed by atoms with Crippen LogP contribution in [0.15, 0.2) is 24.3 Å². The molecule has 0 saturated carbocycles. The highest BCUT2D eigenvalue weighted by molar-refractivity contribution is 5.78. The molecule has 0 saturated heterocycles. The van der Waals surface area contributed by atoms with Crippen molar-refractivity contribution in [2.45, 2.75) is 12.6 Å². The quantitative estimate of drug-likeness (QED) is 0.798. The molecule has 0 heterocycles. The van der Waals surface area contributed by atoms with Gasteiger partial charge in [0, 0.05) is 0 Å². The molecule has 1 aromatic rings. The van der Waals surface area contributed by atoms with Gasteiger partial charge in [0.2, 0.25) is 5.91 Å². The molecule has 0 bridgehead atoms. The van der Waals surface area contributed by atoms with Gasteiger partial charge in [-0.15, -0.1) is 0 Å². The van der Waals surface area contributed by atoms with E-state index in [4.69, 9.17) is 0 Å². The first-order chi connectivity index (χ1) is 7.37. The second-order valence-electron chi connectivity index (χ2n) is 3.20. The zero-order chi connectivity index (χ0) is 12.2. The van der Waals surface area contributed by atoms with Crippen molar-refractivity contribution in [3.8, 4) is 0 Å². The number of halogens is 4. The summed E-state index contributed by atoms with van der Waals surface area (Å²) in [5.74, 6) is -1.32. The van der Waals surface area contributed by atoms with Crippen LogP contribution in [0.2, 0.25) is 0 Å². The third kappa shape index (κ3) is 4.77. The second-order valence-corrected chi connectivity index (χ2v) is 3.20. The zero-order valence-electron chi connectivity index (χ0n) is 8.14. The van der Waals surface area contributed by atoms with Gasteiger partial charge in [-0.2, -0.15) is 13.2 Å². The average molecular weight is 235 g/mol. The van der Waals surface area contributed by atoms with Gasteiger partial charge < -0.3 is 5.32 Å². The normalized spacial score (nSPS) is 11.2. The SMILES string of the molecule is O=C(Cc1cccc(F)c1)NCC(F)(F)F. The molecule has 0 aliphatic carbocycles. The van der Waals surface area contributed by atoms with Crippen molar-refractivity contribution in [1.29, 1.82) is 0 Å². The number of amides is 1. The fraction of sp³-hybridized carbons (Fsp3) is 0.300. The highest BCUT2D eigenvalue weighted by atomic mass is 19.4. The molecule has 0 aliphatic heterocycles. The maximum atomic E-state index is 12.7. The topological polar surface area (TPSA) is 29.1 Å². The minimum absolute atomic E-state index is 0.270. The van der Waals surface area contributed by atoms with Gasteiger partial charge in [-0.25, -0.2) is 4.39 Å². The molecule has 0 aliphatic rings. The van der Waals surface area contributed by atoms with Crippen LogP contribution in [0, 0.1) is 5.82 Å². The Labute approximate surface area is 89.3 Å². The van der Waals surface area contributed by atoms with Gasteiger partial charge in [-0.3, -0.25) is 4.79 Å². The predicted octanol–water partition coefficient (Wildman–Crippen LogP) is 2.05. The fourth-order valence-electron chi connectivity index (χ4n) is 1.09. The lowest BCUT2D eigenvalue weighted by Crippen LogP contribution is -2.34. The summed E-state index contributed by atoms with van der Waals surface area (Å²) >= 11 is 0. The van der Waals surface area contributed by atoms with Gasteiger partial charge in [0.15, 0.2) is 0 Å². The van der Waals surface area contributed by atoms with Crippen LogP contribution in [0.5, 0.6) is 0 Å². The van der Waals surface area contributed by atoms with Crippen LogP contribution in [0.25, 0.3) is 0 Å². The Kier molecular flexibility index (Phi) is 3.87. The van der Waals surface area contributed by atoms with Crippen LogP contribution < -0.4 is 5.32 Å². The number of hydrogen-bond acceptors (Lipinski definition) is 1. The highest BCUT2D eigenvalue weighted by Gasteiger charge is 2.27. The van der Waals surface area contributed by atoms with Crippen LogP contribution in [0.1, 0.15) is 5.56 Å². The maximum Gasteiger partial charge on any atom is 0.405 e. The second kappa shape index (κ2) is 4.96. The molecule has 1 N–H and O–H groups in total. The molecule has 1 rings (SSSR count). The summed E-state index contributed by atoms with van der Waals surface area (Å²) in [5, 5.41) is 1.70. The van der Waals surface area contributed by atoms with E-state index in [1.807, 2.05) is 0 Å². The van der Waals surface area contributed by atoms with E-state index in [1.54, 1.807) is 5.32 Å². The van der Waals surface area contributed by atoms with E-state index in [0.717, 1.165) is 6.07 Å². The fourth-order valence-corrected chi connectivity index (χ4v) is 1.09. The summed E-state index contributed by atoms with van der Waals surface area (Å²) in [6.45, 7) is -1.37. The number of benzene rings is 1. The van der Waals surface area contributed by atoms with Gasteiger partial charge in [-0.1, -0.05) is 12.1 Å². The van der Waals surface area contributed by atoms with Crippen molar-refractivity contribution in [2.75, 3.05) is 6.54 Å². The Morgan fingerprint density at radius 3 is 2.56 bits per heavy atom. The molecule has 6 heteroatoms. The van der Waals surface area contributed by atoms with Crippen molar-refractivity contribution < 1.29 is 22.4 Å². The lowest BCUT2D eigenvalue weighted by molar-refractivity contribution is -0.138. The Morgan fingerprint density at radius 2 is 2.00 bits per heavy atom. The summed E-state index contributed by atoms with van der Waals surface area (Å²) in [6.07, 6.45) is -4.70. The molecular formula is C10H9F4NO. The van der Waals surface area contributed by atoms with Crippen LogP contribution >= 0.6 is 0 Å². The molecular weight excluding hydrogens is 226 g/mol. The van der Waals surface area contributed by atoms with Crippen molar-refractivity contribution >= 4 is 5.91 Å². The molecule has 2 nitrogen and oxygen atoms in total. The molecule has 0 unspecified atom stereocenters. The van der Waals surface area contributed by atoms with E-state index in [-0.39, 0.29) is 6.42 Å². The lowest BCUT2D eigenvalue weighted by Gasteiger charge is -2.08. The van der Waals surface area contributed by atoms with Crippen molar-refractivity contribution in [1.82, 2.24) is 5.32 Å². The van der Waals surface area contributed by atoms with E-state index < -0.39 is 24.4 Å². The lowest BCUT2D eigenvalue weighted by atomic mass is 10.1. The number of carbonyl (C=O) groups excluding carboxylic acids is 1. The molecule has 0 aromatic heterocycles. The monoisotopic (exact) mass is 235 g/mol. The van der Waals surface area contributed by atoms with Crippen molar-refractivity contribution in [2.24, 2.45) is 0 Å². The van der Waals surface area contributed by atoms with Gasteiger partial charge in [0.25, 0.3) is 0 Å². The predicted molar refractivity (Wildman–Crippen MR) is 49.2 cm³/mol. The molecule has 0 radical (unpaired) electrons. The number of hydrogen-bond donors (Lipinski definition) is 1. The van der Waals surface area contributed by atoms with Gasteiger partial charge in [-0.05, 0) is 17.7 Å². The standard InChI is InChI=1S/C10H9F4NO/c11-8-3-1-2-7(4-8)5-9(16)15-6-10(12,13)14/h1-4H,5-6H2,(H,15,16). The largest absolute Gasteiger partial charge is 0.405 e. The third-order valence-corrected chi connectivity index (χ3v) is 1.74. The van der Waals surface area contributed by atoms with E-state index in [0.29, 0.717) is 5.56 Å². The minimum atomic E-state index is -4.43. The van der Waals surface area contributed by atoms with E-state index >= 15 is 0 Å². The smallest absolute Gasteiger partial charge is 0.347 e. The number of carbonyl (C=O) groups is 1. The van der Waals surface area contributed by atoms with E-state index in [2.05, 4.69) is 0 Å². The first kappa shape index (κ1) is 12.5. The summed E-state index contributed by atoms with van der Waals surface area (Å²) in [4.78, 5) is 11.0. The Morgan fingerprint density at radius 1 is 1.31 bits per heavy atom. The summed E-state index contributed by atoms with van der Waals surface area (Å²) in [5.41, 5.74) is 0.333. The van der Waals surface area contributed by atoms with Crippen LogP contribution in [-0.4, -0.2) is 18.6 Å². The maximum absolute atomic E-state index is 12.7. The van der Waals surface area contributed by atoms with Crippen molar-refractivity contribution in [3.63, 3.8) is 0 Å². The molecule has 1 aromatic carbocycles. The highest BCUT2D eigenvalue weighted by Crippen LogP contribution is 2.12. The number of nitrogens with one attached hydrogen (secondary N) is 1. The van der Waals surface area contributed by atoms with Crippen molar-refractivity contribution in [3.05, 3.63) is 35.6 Å². The Balaban J connectivity index is 2.46. The molecule has 0 atom stereocenters. The Hall–Kier alpha value is -1.59. The van der Waals surface area contributed by atoms with Crippen LogP contribution in [0.4, 0.5) is 17.6 Å². The first-order valence-corrected chi connectivity index (χ1v) is 4.45. The Bertz CT molecular complexity index is 375. The molecule has 0 fully saturated rings. The summed E-state index contributed by atoms with van der Waals surface area (Å²) in [6, 6.07) is 5.16. The molecule has 0 spiro atoms. The third-order valence-electron chi connectivity index (χ3n) is 1.74. The molecule has 1 amide bonds. The summed E-state index contributed by atoms with van der Waals surface area (Å²) < 4.78 is 47.9. The average Bonchev–Trinajstić information content (AvgIpc) is 2.14. The summed E-state index contributed by atoms with van der Waals surface area (Å²) in [7, 11) is 0. The molecule has 88 valence electrons. The van der Waals surface area contributed by atoms with Crippen LogP contribution in [-0.2, 0) is 11.2 Å². The number of alkyl halides is 3. The van der Waals surface area contributed by atoms with Crippen LogP contribution in [0.3, 0.4) is 0 Å².